The molecule has 1 saturated heterocycles. The van der Waals surface area contributed by atoms with Crippen LogP contribution in [0.5, 0.6) is 0 Å². The summed E-state index contributed by atoms with van der Waals surface area (Å²) in [4.78, 5) is 37.8. The van der Waals surface area contributed by atoms with E-state index in [1.165, 1.54) is 17.4 Å². The van der Waals surface area contributed by atoms with Gasteiger partial charge in [-0.25, -0.2) is 9.97 Å². The Labute approximate surface area is 185 Å². The van der Waals surface area contributed by atoms with E-state index >= 15 is 0 Å². The van der Waals surface area contributed by atoms with Crippen LogP contribution in [0.15, 0.2) is 24.5 Å². The molecule has 162 valence electrons. The largest absolute Gasteiger partial charge is 0.356 e. The number of thiophene rings is 1. The predicted molar refractivity (Wildman–Crippen MR) is 126 cm³/mol. The number of amides is 2. The number of carbonyl (C=O) groups excluding carboxylic acids is 2. The number of rotatable bonds is 4. The van der Waals surface area contributed by atoms with Crippen LogP contribution in [-0.2, 0) is 9.59 Å². The van der Waals surface area contributed by atoms with E-state index in [4.69, 9.17) is 0 Å². The fraction of sp³-hybridized carbons (Fsp3) is 0.391. The highest BCUT2D eigenvalue weighted by Gasteiger charge is 2.27. The number of aryl methyl sites for hydroxylation is 3. The highest BCUT2D eigenvalue weighted by atomic mass is 32.1. The lowest BCUT2D eigenvalue weighted by Crippen LogP contribution is -2.38. The summed E-state index contributed by atoms with van der Waals surface area (Å²) in [6, 6.07) is 5.54. The van der Waals surface area contributed by atoms with Crippen LogP contribution in [0.1, 0.15) is 35.8 Å². The van der Waals surface area contributed by atoms with Crippen molar-refractivity contribution < 1.29 is 9.59 Å². The molecule has 7 nitrogen and oxygen atoms in total. The van der Waals surface area contributed by atoms with Crippen LogP contribution >= 0.6 is 11.3 Å². The SMILES string of the molecule is CC(=O)Nc1ccc(C)c(NC(=O)C2CCN(c3ncnc4sc(C)c(C)c34)CC2)c1. The van der Waals surface area contributed by atoms with Crippen LogP contribution < -0.4 is 15.5 Å². The quantitative estimate of drug-likeness (QED) is 0.630. The van der Waals surface area contributed by atoms with E-state index in [0.717, 1.165) is 53.2 Å². The fourth-order valence-corrected chi connectivity index (χ4v) is 5.02. The molecular weight excluding hydrogens is 410 g/mol. The molecule has 1 aromatic carbocycles. The standard InChI is InChI=1S/C23H27N5O2S/c1-13-5-6-18(26-16(4)29)11-19(13)27-22(30)17-7-9-28(10-8-17)21-20-14(2)15(3)31-23(20)25-12-24-21/h5-6,11-12,17H,7-10H2,1-4H3,(H,26,29)(H,27,30). The normalized spacial score (nSPS) is 14.6. The average Bonchev–Trinajstić information content (AvgIpc) is 3.04. The minimum absolute atomic E-state index is 0.0260. The number of fused-ring (bicyclic) bond motifs is 1. The summed E-state index contributed by atoms with van der Waals surface area (Å²) in [5, 5.41) is 6.96. The number of anilines is 3. The van der Waals surface area contributed by atoms with E-state index in [2.05, 4.69) is 39.3 Å². The highest BCUT2D eigenvalue weighted by molar-refractivity contribution is 7.18. The zero-order valence-corrected chi connectivity index (χ0v) is 19.1. The smallest absolute Gasteiger partial charge is 0.227 e. The van der Waals surface area contributed by atoms with Crippen LogP contribution in [0, 0.1) is 26.7 Å². The van der Waals surface area contributed by atoms with Crippen molar-refractivity contribution in [2.24, 2.45) is 5.92 Å². The van der Waals surface area contributed by atoms with Crippen molar-refractivity contribution in [1.82, 2.24) is 9.97 Å². The molecule has 0 saturated carbocycles. The Bertz CT molecular complexity index is 1150. The summed E-state index contributed by atoms with van der Waals surface area (Å²) in [5.74, 6) is 0.814. The van der Waals surface area contributed by atoms with Gasteiger partial charge in [0.2, 0.25) is 11.8 Å². The van der Waals surface area contributed by atoms with Gasteiger partial charge in [0.05, 0.1) is 5.39 Å². The van der Waals surface area contributed by atoms with Gasteiger partial charge in [0.15, 0.2) is 0 Å². The molecule has 0 aliphatic carbocycles. The third-order valence-electron chi connectivity index (χ3n) is 5.93. The van der Waals surface area contributed by atoms with Crippen molar-refractivity contribution in [3.8, 4) is 0 Å². The third-order valence-corrected chi connectivity index (χ3v) is 7.04. The van der Waals surface area contributed by atoms with Gasteiger partial charge in [0.1, 0.15) is 17.0 Å². The number of benzene rings is 1. The van der Waals surface area contributed by atoms with Crippen LogP contribution in [0.4, 0.5) is 17.2 Å². The Balaban J connectivity index is 1.44. The topological polar surface area (TPSA) is 87.2 Å². The van der Waals surface area contributed by atoms with Crippen LogP contribution in [0.3, 0.4) is 0 Å². The first-order valence-corrected chi connectivity index (χ1v) is 11.3. The molecule has 31 heavy (non-hydrogen) atoms. The van der Waals surface area contributed by atoms with Gasteiger partial charge in [0.25, 0.3) is 0 Å². The lowest BCUT2D eigenvalue weighted by atomic mass is 9.95. The van der Waals surface area contributed by atoms with E-state index in [1.54, 1.807) is 17.7 Å². The van der Waals surface area contributed by atoms with E-state index in [9.17, 15) is 9.59 Å². The summed E-state index contributed by atoms with van der Waals surface area (Å²) in [6.45, 7) is 9.22. The van der Waals surface area contributed by atoms with Gasteiger partial charge in [-0.05, 0) is 56.9 Å². The molecule has 1 aliphatic heterocycles. The van der Waals surface area contributed by atoms with Crippen molar-refractivity contribution in [3.63, 3.8) is 0 Å². The van der Waals surface area contributed by atoms with Crippen LogP contribution in [-0.4, -0.2) is 34.9 Å². The molecule has 2 amide bonds. The molecule has 0 atom stereocenters. The van der Waals surface area contributed by atoms with Gasteiger partial charge in [-0.3, -0.25) is 9.59 Å². The van der Waals surface area contributed by atoms with Gasteiger partial charge < -0.3 is 15.5 Å². The summed E-state index contributed by atoms with van der Waals surface area (Å²) < 4.78 is 0. The summed E-state index contributed by atoms with van der Waals surface area (Å²) in [5.41, 5.74) is 3.62. The molecule has 0 bridgehead atoms. The van der Waals surface area contributed by atoms with Crippen LogP contribution in [0.25, 0.3) is 10.2 Å². The molecule has 3 heterocycles. The Morgan fingerprint density at radius 3 is 2.55 bits per heavy atom. The Morgan fingerprint density at radius 1 is 1.10 bits per heavy atom. The van der Waals surface area contributed by atoms with Gasteiger partial charge >= 0.3 is 0 Å². The van der Waals surface area contributed by atoms with Gasteiger partial charge in [-0.2, -0.15) is 0 Å². The Morgan fingerprint density at radius 2 is 1.84 bits per heavy atom. The van der Waals surface area contributed by atoms with Gasteiger partial charge in [-0.15, -0.1) is 11.3 Å². The Hall–Kier alpha value is -3.00. The van der Waals surface area contributed by atoms with E-state index in [-0.39, 0.29) is 17.7 Å². The zero-order chi connectivity index (χ0) is 22.1. The van der Waals surface area contributed by atoms with Crippen molar-refractivity contribution in [1.29, 1.82) is 0 Å². The second-order valence-corrected chi connectivity index (χ2v) is 9.33. The van der Waals surface area contributed by atoms with E-state index in [0.29, 0.717) is 5.69 Å². The molecule has 0 unspecified atom stereocenters. The number of piperidine rings is 1. The molecule has 1 aliphatic rings. The molecule has 8 heteroatoms. The van der Waals surface area contributed by atoms with Crippen molar-refractivity contribution in [3.05, 3.63) is 40.5 Å². The maximum Gasteiger partial charge on any atom is 0.227 e. The minimum Gasteiger partial charge on any atom is -0.356 e. The number of hydrogen-bond acceptors (Lipinski definition) is 6. The van der Waals surface area contributed by atoms with Gasteiger partial charge in [0, 0.05) is 42.2 Å². The maximum absolute atomic E-state index is 12.9. The first-order valence-electron chi connectivity index (χ1n) is 10.5. The predicted octanol–water partition coefficient (Wildman–Crippen LogP) is 4.43. The molecule has 1 fully saturated rings. The number of nitrogens with one attached hydrogen (secondary N) is 2. The highest BCUT2D eigenvalue weighted by Crippen LogP contribution is 2.35. The molecule has 0 spiro atoms. The molecule has 0 radical (unpaired) electrons. The van der Waals surface area contributed by atoms with Crippen molar-refractivity contribution >= 4 is 50.6 Å². The maximum atomic E-state index is 12.9. The van der Waals surface area contributed by atoms with Crippen molar-refractivity contribution in [2.45, 2.75) is 40.5 Å². The lowest BCUT2D eigenvalue weighted by molar-refractivity contribution is -0.120. The average molecular weight is 438 g/mol. The van der Waals surface area contributed by atoms with E-state index < -0.39 is 0 Å². The summed E-state index contributed by atoms with van der Waals surface area (Å²) >= 11 is 1.70. The number of hydrogen-bond donors (Lipinski definition) is 2. The Kier molecular flexibility index (Phi) is 5.91. The third kappa shape index (κ3) is 4.39. The molecule has 3 aromatic rings. The first-order chi connectivity index (χ1) is 14.8. The summed E-state index contributed by atoms with van der Waals surface area (Å²) in [6.07, 6.45) is 3.17. The molecule has 4 rings (SSSR count). The number of aromatic nitrogens is 2. The van der Waals surface area contributed by atoms with Crippen molar-refractivity contribution in [2.75, 3.05) is 28.6 Å². The summed E-state index contributed by atoms with van der Waals surface area (Å²) in [7, 11) is 0. The molecule has 2 aromatic heterocycles. The minimum atomic E-state index is -0.136. The lowest BCUT2D eigenvalue weighted by Gasteiger charge is -2.32. The number of carbonyl (C=O) groups is 2. The molecule has 2 N–H and O–H groups in total. The van der Waals surface area contributed by atoms with Gasteiger partial charge in [-0.1, -0.05) is 6.07 Å². The zero-order valence-electron chi connectivity index (χ0n) is 18.3. The molecular formula is C23H27N5O2S. The van der Waals surface area contributed by atoms with E-state index in [1.807, 2.05) is 25.1 Å². The monoisotopic (exact) mass is 437 g/mol. The first kappa shape index (κ1) is 21.2. The second-order valence-electron chi connectivity index (χ2n) is 8.12. The second kappa shape index (κ2) is 8.63. The van der Waals surface area contributed by atoms with Crippen LogP contribution in [0.2, 0.25) is 0 Å². The fourth-order valence-electron chi connectivity index (χ4n) is 4.03. The number of nitrogens with zero attached hydrogens (tertiary/aromatic N) is 3.